The molecule has 0 aliphatic rings. The van der Waals surface area contributed by atoms with Gasteiger partial charge in [0.05, 0.1) is 18.4 Å². The molecule has 0 bridgehead atoms. The number of imidazole rings is 1. The van der Waals surface area contributed by atoms with Crippen LogP contribution in [0.4, 0.5) is 0 Å². The number of nitrogens with one attached hydrogen (secondary N) is 2. The van der Waals surface area contributed by atoms with E-state index in [1.54, 1.807) is 7.05 Å². The van der Waals surface area contributed by atoms with Crippen molar-refractivity contribution in [3.63, 3.8) is 0 Å². The molecule has 5 heteroatoms. The molecule has 0 aliphatic carbocycles. The van der Waals surface area contributed by atoms with E-state index in [9.17, 15) is 0 Å². The Balaban J connectivity index is 2.02. The van der Waals surface area contributed by atoms with Gasteiger partial charge in [-0.2, -0.15) is 0 Å². The molecule has 2 rings (SSSR count). The van der Waals surface area contributed by atoms with Gasteiger partial charge in [0, 0.05) is 20.6 Å². The summed E-state index contributed by atoms with van der Waals surface area (Å²) in [6.45, 7) is 3.75. The van der Waals surface area contributed by atoms with Crippen LogP contribution >= 0.6 is 0 Å². The van der Waals surface area contributed by atoms with E-state index in [4.69, 9.17) is 0 Å². The second kappa shape index (κ2) is 7.47. The lowest BCUT2D eigenvalue weighted by atomic mass is 10.2. The van der Waals surface area contributed by atoms with Crippen LogP contribution in [0.5, 0.6) is 0 Å². The number of nitrogens with zero attached hydrogens (tertiary/aromatic N) is 3. The zero-order chi connectivity index (χ0) is 15.1. The normalized spacial score (nSPS) is 11.5. The van der Waals surface area contributed by atoms with Crippen molar-refractivity contribution >= 4 is 5.96 Å². The highest BCUT2D eigenvalue weighted by Gasteiger charge is 2.09. The Kier molecular flexibility index (Phi) is 5.37. The third kappa shape index (κ3) is 4.08. The van der Waals surface area contributed by atoms with Gasteiger partial charge < -0.3 is 15.2 Å². The monoisotopic (exact) mass is 285 g/mol. The van der Waals surface area contributed by atoms with Crippen molar-refractivity contribution in [1.82, 2.24) is 20.2 Å². The predicted octanol–water partition coefficient (Wildman–Crippen LogP) is 2.49. The van der Waals surface area contributed by atoms with Gasteiger partial charge in [-0.25, -0.2) is 4.98 Å². The van der Waals surface area contributed by atoms with E-state index in [-0.39, 0.29) is 0 Å². The van der Waals surface area contributed by atoms with E-state index < -0.39 is 0 Å². The number of benzene rings is 1. The number of aliphatic imine (C=N–C) groups is 1. The number of hydrogen-bond acceptors (Lipinski definition) is 2. The van der Waals surface area contributed by atoms with Crippen molar-refractivity contribution in [1.29, 1.82) is 0 Å². The molecule has 2 aromatic rings. The summed E-state index contributed by atoms with van der Waals surface area (Å²) >= 11 is 0. The summed E-state index contributed by atoms with van der Waals surface area (Å²) in [6, 6.07) is 10.2. The molecule has 0 fully saturated rings. The number of guanidine groups is 1. The van der Waals surface area contributed by atoms with E-state index in [0.29, 0.717) is 6.54 Å². The summed E-state index contributed by atoms with van der Waals surface area (Å²) in [4.78, 5) is 14.1. The highest BCUT2D eigenvalue weighted by molar-refractivity contribution is 5.79. The van der Waals surface area contributed by atoms with Crippen LogP contribution in [0.15, 0.2) is 41.5 Å². The Bertz CT molecular complexity index is 573. The van der Waals surface area contributed by atoms with Gasteiger partial charge in [0.2, 0.25) is 0 Å². The Morgan fingerprint density at radius 3 is 2.76 bits per heavy atom. The second-order valence-electron chi connectivity index (χ2n) is 4.94. The van der Waals surface area contributed by atoms with E-state index in [2.05, 4.69) is 44.2 Å². The van der Waals surface area contributed by atoms with Crippen molar-refractivity contribution in [3.05, 3.63) is 42.4 Å². The van der Waals surface area contributed by atoms with Gasteiger partial charge >= 0.3 is 0 Å². The van der Waals surface area contributed by atoms with Crippen molar-refractivity contribution in [2.45, 2.75) is 19.9 Å². The van der Waals surface area contributed by atoms with Gasteiger partial charge in [0.1, 0.15) is 5.82 Å². The highest BCUT2D eigenvalue weighted by Crippen LogP contribution is 2.16. The Morgan fingerprint density at radius 1 is 1.33 bits per heavy atom. The molecule has 0 saturated carbocycles. The summed E-state index contributed by atoms with van der Waals surface area (Å²) in [6.07, 6.45) is 2.95. The van der Waals surface area contributed by atoms with Crippen LogP contribution < -0.4 is 5.32 Å². The number of hydrogen-bond donors (Lipinski definition) is 2. The predicted molar refractivity (Wildman–Crippen MR) is 87.1 cm³/mol. The molecule has 1 aromatic heterocycles. The maximum atomic E-state index is 4.45. The molecular weight excluding hydrogens is 262 g/mol. The van der Waals surface area contributed by atoms with Crippen LogP contribution in [0, 0.1) is 0 Å². The van der Waals surface area contributed by atoms with Crippen molar-refractivity contribution in [3.8, 4) is 11.3 Å². The Morgan fingerprint density at radius 2 is 2.10 bits per heavy atom. The van der Waals surface area contributed by atoms with Crippen molar-refractivity contribution in [2.24, 2.45) is 4.99 Å². The van der Waals surface area contributed by atoms with Gasteiger partial charge in [0.15, 0.2) is 5.96 Å². The minimum Gasteiger partial charge on any atom is -0.356 e. The summed E-state index contributed by atoms with van der Waals surface area (Å²) in [5.74, 6) is 1.81. The van der Waals surface area contributed by atoms with Crippen molar-refractivity contribution in [2.75, 3.05) is 20.6 Å². The molecule has 2 N–H and O–H groups in total. The summed E-state index contributed by atoms with van der Waals surface area (Å²) in [7, 11) is 3.81. The molecule has 0 unspecified atom stereocenters. The number of aromatic nitrogens is 2. The fourth-order valence-electron chi connectivity index (χ4n) is 2.13. The summed E-state index contributed by atoms with van der Waals surface area (Å²) in [5, 5.41) is 3.31. The molecule has 0 amide bonds. The number of aromatic amines is 1. The van der Waals surface area contributed by atoms with E-state index in [0.717, 1.165) is 36.0 Å². The van der Waals surface area contributed by atoms with Gasteiger partial charge in [-0.05, 0) is 12.0 Å². The molecule has 0 aliphatic heterocycles. The average Bonchev–Trinajstić information content (AvgIpc) is 2.97. The van der Waals surface area contributed by atoms with Crippen LogP contribution in [-0.2, 0) is 6.54 Å². The fourth-order valence-corrected chi connectivity index (χ4v) is 2.13. The molecule has 0 atom stereocenters. The molecule has 0 saturated heterocycles. The summed E-state index contributed by atoms with van der Waals surface area (Å²) < 4.78 is 0. The van der Waals surface area contributed by atoms with E-state index in [1.807, 2.05) is 31.4 Å². The lowest BCUT2D eigenvalue weighted by molar-refractivity contribution is 0.464. The van der Waals surface area contributed by atoms with E-state index >= 15 is 0 Å². The maximum absolute atomic E-state index is 4.45. The number of rotatable bonds is 5. The Labute approximate surface area is 126 Å². The molecule has 1 aromatic carbocycles. The standard InChI is InChI=1S/C16H23N5/c1-4-10-18-16(17-2)21(3)12-15-19-11-14(20-15)13-8-6-5-7-9-13/h5-9,11H,4,10,12H2,1-3H3,(H,17,18)(H,19,20). The molecule has 0 spiro atoms. The van der Waals surface area contributed by atoms with Crippen LogP contribution in [0.25, 0.3) is 11.3 Å². The van der Waals surface area contributed by atoms with Crippen LogP contribution in [0.1, 0.15) is 19.2 Å². The average molecular weight is 285 g/mol. The largest absolute Gasteiger partial charge is 0.356 e. The quantitative estimate of drug-likeness (QED) is 0.655. The molecule has 1 heterocycles. The molecule has 112 valence electrons. The minimum atomic E-state index is 0.691. The number of H-pyrrole nitrogens is 1. The lowest BCUT2D eigenvalue weighted by Crippen LogP contribution is -2.38. The smallest absolute Gasteiger partial charge is 0.193 e. The topological polar surface area (TPSA) is 56.3 Å². The zero-order valence-electron chi connectivity index (χ0n) is 12.9. The first kappa shape index (κ1) is 15.1. The highest BCUT2D eigenvalue weighted by atomic mass is 15.3. The van der Waals surface area contributed by atoms with Gasteiger partial charge in [-0.1, -0.05) is 37.3 Å². The first-order chi connectivity index (χ1) is 10.2. The SMILES string of the molecule is CCCNC(=NC)N(C)Cc1ncc(-c2ccccc2)[nH]1. The molecule has 21 heavy (non-hydrogen) atoms. The first-order valence-electron chi connectivity index (χ1n) is 7.25. The van der Waals surface area contributed by atoms with E-state index in [1.165, 1.54) is 0 Å². The lowest BCUT2D eigenvalue weighted by Gasteiger charge is -2.20. The maximum Gasteiger partial charge on any atom is 0.193 e. The van der Waals surface area contributed by atoms with Crippen LogP contribution in [0.2, 0.25) is 0 Å². The fraction of sp³-hybridized carbons (Fsp3) is 0.375. The first-order valence-corrected chi connectivity index (χ1v) is 7.25. The van der Waals surface area contributed by atoms with Gasteiger partial charge in [0.25, 0.3) is 0 Å². The molecule has 0 radical (unpaired) electrons. The third-order valence-corrected chi connectivity index (χ3v) is 3.21. The van der Waals surface area contributed by atoms with Gasteiger partial charge in [-0.15, -0.1) is 0 Å². The van der Waals surface area contributed by atoms with Crippen molar-refractivity contribution < 1.29 is 0 Å². The zero-order valence-corrected chi connectivity index (χ0v) is 12.9. The third-order valence-electron chi connectivity index (χ3n) is 3.21. The van der Waals surface area contributed by atoms with Crippen LogP contribution in [-0.4, -0.2) is 41.5 Å². The molecule has 5 nitrogen and oxygen atoms in total. The minimum absolute atomic E-state index is 0.691. The summed E-state index contributed by atoms with van der Waals surface area (Å²) in [5.41, 5.74) is 2.18. The van der Waals surface area contributed by atoms with Crippen LogP contribution in [0.3, 0.4) is 0 Å². The second-order valence-corrected chi connectivity index (χ2v) is 4.94. The molecular formula is C16H23N5. The van der Waals surface area contributed by atoms with Gasteiger partial charge in [-0.3, -0.25) is 4.99 Å². The Hall–Kier alpha value is -2.30.